The molecular formula is C18H18FN3O3. The Kier molecular flexibility index (Phi) is 4.48. The number of pyridine rings is 1. The lowest BCUT2D eigenvalue weighted by Crippen LogP contribution is -2.46. The molecule has 1 saturated heterocycles. The van der Waals surface area contributed by atoms with Crippen LogP contribution in [0.5, 0.6) is 0 Å². The van der Waals surface area contributed by atoms with Crippen LogP contribution in [0.3, 0.4) is 0 Å². The number of amides is 1. The Labute approximate surface area is 144 Å². The standard InChI is InChI=1S/C18H18FN3O3/c1-18(11-13-3-5-14(19)6-4-13)9-2-10-21(18)17(23)16-8-7-15(12-20-16)22(24)25/h3-8,12H,2,9-11H2,1H3. The Bertz CT molecular complexity index is 792. The number of carbonyl (C=O) groups excluding carboxylic acids is 1. The van der Waals surface area contributed by atoms with Crippen molar-refractivity contribution in [1.29, 1.82) is 0 Å². The van der Waals surface area contributed by atoms with E-state index in [2.05, 4.69) is 4.98 Å². The molecule has 25 heavy (non-hydrogen) atoms. The third kappa shape index (κ3) is 3.50. The zero-order valence-electron chi connectivity index (χ0n) is 13.8. The number of benzene rings is 1. The highest BCUT2D eigenvalue weighted by Gasteiger charge is 2.40. The smallest absolute Gasteiger partial charge is 0.287 e. The average molecular weight is 343 g/mol. The minimum atomic E-state index is -0.546. The van der Waals surface area contributed by atoms with Crippen molar-refractivity contribution in [1.82, 2.24) is 9.88 Å². The van der Waals surface area contributed by atoms with Gasteiger partial charge in [-0.2, -0.15) is 0 Å². The minimum absolute atomic E-state index is 0.146. The molecule has 1 unspecified atom stereocenters. The molecule has 2 aromatic rings. The van der Waals surface area contributed by atoms with Gasteiger partial charge in [0.15, 0.2) is 0 Å². The second kappa shape index (κ2) is 6.58. The van der Waals surface area contributed by atoms with E-state index in [1.807, 2.05) is 6.92 Å². The van der Waals surface area contributed by atoms with Gasteiger partial charge in [0.25, 0.3) is 11.6 Å². The van der Waals surface area contributed by atoms with Crippen molar-refractivity contribution < 1.29 is 14.1 Å². The molecule has 1 fully saturated rings. The molecule has 130 valence electrons. The van der Waals surface area contributed by atoms with Gasteiger partial charge in [0.05, 0.1) is 4.92 Å². The molecule has 0 aliphatic carbocycles. The van der Waals surface area contributed by atoms with E-state index < -0.39 is 10.5 Å². The zero-order chi connectivity index (χ0) is 18.0. The summed E-state index contributed by atoms with van der Waals surface area (Å²) >= 11 is 0. The van der Waals surface area contributed by atoms with Gasteiger partial charge in [-0.1, -0.05) is 12.1 Å². The zero-order valence-corrected chi connectivity index (χ0v) is 13.8. The molecule has 0 radical (unpaired) electrons. The van der Waals surface area contributed by atoms with Crippen LogP contribution in [-0.4, -0.2) is 32.8 Å². The first kappa shape index (κ1) is 17.0. The van der Waals surface area contributed by atoms with Crippen LogP contribution in [0.1, 0.15) is 35.8 Å². The quantitative estimate of drug-likeness (QED) is 0.630. The molecule has 1 amide bonds. The first-order valence-electron chi connectivity index (χ1n) is 8.06. The lowest BCUT2D eigenvalue weighted by atomic mass is 9.90. The van der Waals surface area contributed by atoms with Gasteiger partial charge >= 0.3 is 0 Å². The predicted octanol–water partition coefficient (Wildman–Crippen LogP) is 3.37. The second-order valence-electron chi connectivity index (χ2n) is 6.52. The molecule has 1 aliphatic rings. The third-order valence-corrected chi connectivity index (χ3v) is 4.67. The Morgan fingerprint density at radius 3 is 2.64 bits per heavy atom. The largest absolute Gasteiger partial charge is 0.332 e. The van der Waals surface area contributed by atoms with Crippen LogP contribution < -0.4 is 0 Å². The van der Waals surface area contributed by atoms with E-state index in [9.17, 15) is 19.3 Å². The molecule has 1 aromatic heterocycles. The maximum atomic E-state index is 13.1. The van der Waals surface area contributed by atoms with Crippen LogP contribution >= 0.6 is 0 Å². The third-order valence-electron chi connectivity index (χ3n) is 4.67. The first-order valence-corrected chi connectivity index (χ1v) is 8.06. The summed E-state index contributed by atoms with van der Waals surface area (Å²) in [5, 5.41) is 10.7. The van der Waals surface area contributed by atoms with E-state index in [1.165, 1.54) is 24.3 Å². The maximum absolute atomic E-state index is 13.1. The van der Waals surface area contributed by atoms with Gasteiger partial charge < -0.3 is 4.90 Å². The van der Waals surface area contributed by atoms with Crippen LogP contribution in [0.25, 0.3) is 0 Å². The Hall–Kier alpha value is -2.83. The van der Waals surface area contributed by atoms with Crippen LogP contribution in [0.15, 0.2) is 42.6 Å². The number of aromatic nitrogens is 1. The van der Waals surface area contributed by atoms with Crippen molar-refractivity contribution >= 4 is 11.6 Å². The second-order valence-corrected chi connectivity index (χ2v) is 6.52. The van der Waals surface area contributed by atoms with Gasteiger partial charge in [-0.25, -0.2) is 9.37 Å². The van der Waals surface area contributed by atoms with E-state index in [1.54, 1.807) is 17.0 Å². The summed E-state index contributed by atoms with van der Waals surface area (Å²) in [6.45, 7) is 2.61. The highest BCUT2D eigenvalue weighted by Crippen LogP contribution is 2.33. The van der Waals surface area contributed by atoms with Gasteiger partial charge in [0.2, 0.25) is 0 Å². The topological polar surface area (TPSA) is 76.3 Å². The van der Waals surface area contributed by atoms with E-state index in [4.69, 9.17) is 0 Å². The number of hydrogen-bond acceptors (Lipinski definition) is 4. The normalized spacial score (nSPS) is 19.8. The summed E-state index contributed by atoms with van der Waals surface area (Å²) in [4.78, 5) is 28.7. The minimum Gasteiger partial charge on any atom is -0.332 e. The Morgan fingerprint density at radius 1 is 1.32 bits per heavy atom. The number of carbonyl (C=O) groups is 1. The molecule has 0 saturated carbocycles. The lowest BCUT2D eigenvalue weighted by Gasteiger charge is -2.35. The molecule has 7 heteroatoms. The molecule has 1 aliphatic heterocycles. The van der Waals surface area contributed by atoms with Gasteiger partial charge in [-0.3, -0.25) is 14.9 Å². The maximum Gasteiger partial charge on any atom is 0.287 e. The van der Waals surface area contributed by atoms with Gasteiger partial charge in [-0.05, 0) is 49.9 Å². The van der Waals surface area contributed by atoms with E-state index in [-0.39, 0.29) is 23.1 Å². The average Bonchev–Trinajstić information content (AvgIpc) is 2.97. The van der Waals surface area contributed by atoms with E-state index in [0.29, 0.717) is 13.0 Å². The highest BCUT2D eigenvalue weighted by molar-refractivity contribution is 5.93. The Balaban J connectivity index is 1.80. The fourth-order valence-corrected chi connectivity index (χ4v) is 3.35. The van der Waals surface area contributed by atoms with Gasteiger partial charge in [0, 0.05) is 18.2 Å². The van der Waals surface area contributed by atoms with Crippen molar-refractivity contribution in [3.8, 4) is 0 Å². The number of likely N-dealkylation sites (tertiary alicyclic amines) is 1. The molecule has 1 aromatic carbocycles. The van der Waals surface area contributed by atoms with Gasteiger partial charge in [-0.15, -0.1) is 0 Å². The summed E-state index contributed by atoms with van der Waals surface area (Å²) in [7, 11) is 0. The van der Waals surface area contributed by atoms with Crippen LogP contribution in [0, 0.1) is 15.9 Å². The van der Waals surface area contributed by atoms with Crippen molar-refractivity contribution in [3.63, 3.8) is 0 Å². The van der Waals surface area contributed by atoms with Crippen molar-refractivity contribution in [3.05, 3.63) is 69.8 Å². The Morgan fingerprint density at radius 2 is 2.04 bits per heavy atom. The molecule has 0 N–H and O–H groups in total. The molecule has 6 nitrogen and oxygen atoms in total. The van der Waals surface area contributed by atoms with Crippen molar-refractivity contribution in [2.45, 2.75) is 31.7 Å². The van der Waals surface area contributed by atoms with E-state index in [0.717, 1.165) is 24.6 Å². The van der Waals surface area contributed by atoms with Crippen molar-refractivity contribution in [2.75, 3.05) is 6.54 Å². The summed E-state index contributed by atoms with van der Waals surface area (Å²) in [5.74, 6) is -0.527. The first-order chi connectivity index (χ1) is 11.9. The van der Waals surface area contributed by atoms with Crippen molar-refractivity contribution in [2.24, 2.45) is 0 Å². The fraction of sp³-hybridized carbons (Fsp3) is 0.333. The molecule has 2 heterocycles. The van der Waals surface area contributed by atoms with Gasteiger partial charge in [0.1, 0.15) is 17.7 Å². The fourth-order valence-electron chi connectivity index (χ4n) is 3.35. The molecular weight excluding hydrogens is 325 g/mol. The number of rotatable bonds is 4. The lowest BCUT2D eigenvalue weighted by molar-refractivity contribution is -0.385. The SMILES string of the molecule is CC1(Cc2ccc(F)cc2)CCCN1C(=O)c1ccc([N+](=O)[O-])cn1. The van der Waals surface area contributed by atoms with Crippen LogP contribution in [0.4, 0.5) is 10.1 Å². The summed E-state index contributed by atoms with van der Waals surface area (Å²) < 4.78 is 13.1. The summed E-state index contributed by atoms with van der Waals surface area (Å²) in [6.07, 6.45) is 3.42. The molecule has 1 atom stereocenters. The number of halogens is 1. The number of nitrogens with zero attached hydrogens (tertiary/aromatic N) is 3. The number of hydrogen-bond donors (Lipinski definition) is 0. The highest BCUT2D eigenvalue weighted by atomic mass is 19.1. The monoisotopic (exact) mass is 343 g/mol. The number of nitro groups is 1. The van der Waals surface area contributed by atoms with E-state index >= 15 is 0 Å². The molecule has 3 rings (SSSR count). The summed E-state index contributed by atoms with van der Waals surface area (Å²) in [5.41, 5.74) is 0.614. The van der Waals surface area contributed by atoms with Crippen LogP contribution in [-0.2, 0) is 6.42 Å². The molecule has 0 bridgehead atoms. The predicted molar refractivity (Wildman–Crippen MR) is 89.7 cm³/mol. The molecule has 0 spiro atoms. The summed E-state index contributed by atoms with van der Waals surface area (Å²) in [6, 6.07) is 8.96. The van der Waals surface area contributed by atoms with Crippen LogP contribution in [0.2, 0.25) is 0 Å².